The summed E-state index contributed by atoms with van der Waals surface area (Å²) in [7, 11) is 2.91. The highest BCUT2D eigenvalue weighted by Crippen LogP contribution is 2.16. The Morgan fingerprint density at radius 3 is 1.82 bits per heavy atom. The Kier molecular flexibility index (Phi) is 11.1. The van der Waals surface area contributed by atoms with Crippen molar-refractivity contribution in [1.82, 2.24) is 15.1 Å². The first-order chi connectivity index (χ1) is 17.8. The normalized spacial score (nSPS) is 14.6. The van der Waals surface area contributed by atoms with Gasteiger partial charge < -0.3 is 34.8 Å². The third-order valence-corrected chi connectivity index (χ3v) is 6.56. The Labute approximate surface area is 223 Å². The highest BCUT2D eigenvalue weighted by atomic mass is 16.4. The van der Waals surface area contributed by atoms with Crippen LogP contribution in [0.1, 0.15) is 45.2 Å². The zero-order valence-corrected chi connectivity index (χ0v) is 22.9. The van der Waals surface area contributed by atoms with Gasteiger partial charge in [-0.05, 0) is 41.5 Å². The number of nitrogens with one attached hydrogen (secondary N) is 1. The van der Waals surface area contributed by atoms with Crippen LogP contribution in [-0.4, -0.2) is 76.9 Å². The molecule has 2 aromatic heterocycles. The number of aliphatic carboxylic acids is 1. The number of rotatable bonds is 14. The van der Waals surface area contributed by atoms with Crippen molar-refractivity contribution in [1.29, 1.82) is 0 Å². The Morgan fingerprint density at radius 1 is 0.895 bits per heavy atom. The number of nitrogens with two attached hydrogens (primary N) is 1. The molecule has 0 aliphatic heterocycles. The van der Waals surface area contributed by atoms with Gasteiger partial charge in [-0.3, -0.25) is 14.4 Å². The summed E-state index contributed by atoms with van der Waals surface area (Å²) in [5.74, 6) is -2.81. The quantitative estimate of drug-likeness (QED) is 0.333. The molecular weight excluding hydrogens is 492 g/mol. The number of hydrogen-bond acceptors (Lipinski definition) is 7. The molecule has 11 heteroatoms. The van der Waals surface area contributed by atoms with Gasteiger partial charge in [0.2, 0.25) is 17.7 Å². The van der Waals surface area contributed by atoms with E-state index in [4.69, 9.17) is 14.6 Å². The number of nitrogens with zero attached hydrogens (tertiary/aromatic N) is 2. The van der Waals surface area contributed by atoms with Gasteiger partial charge in [-0.25, -0.2) is 4.79 Å². The number of amides is 3. The zero-order valence-electron chi connectivity index (χ0n) is 22.9. The molecule has 0 aliphatic carbocycles. The topological polar surface area (TPSA) is 159 Å². The molecule has 4 N–H and O–H groups in total. The van der Waals surface area contributed by atoms with Gasteiger partial charge in [-0.15, -0.1) is 0 Å². The molecule has 0 saturated carbocycles. The number of carboxylic acid groups (broad SMARTS) is 1. The van der Waals surface area contributed by atoms with Gasteiger partial charge in [0, 0.05) is 26.9 Å². The summed E-state index contributed by atoms with van der Waals surface area (Å²) in [4.78, 5) is 54.6. The van der Waals surface area contributed by atoms with E-state index in [1.165, 1.54) is 44.0 Å². The van der Waals surface area contributed by atoms with Crippen LogP contribution < -0.4 is 11.1 Å². The second-order valence-corrected chi connectivity index (χ2v) is 10.4. The molecule has 0 bridgehead atoms. The number of furan rings is 2. The Balaban J connectivity index is 2.30. The number of carbonyl (C=O) groups is 4. The van der Waals surface area contributed by atoms with Crippen LogP contribution in [-0.2, 0) is 32.0 Å². The lowest BCUT2D eigenvalue weighted by atomic mass is 9.98. The van der Waals surface area contributed by atoms with Gasteiger partial charge in [-0.2, -0.15) is 0 Å². The lowest BCUT2D eigenvalue weighted by Crippen LogP contribution is -2.58. The number of hydrogen-bond donors (Lipinski definition) is 3. The molecule has 2 rings (SSSR count). The Morgan fingerprint density at radius 2 is 1.39 bits per heavy atom. The first-order valence-corrected chi connectivity index (χ1v) is 12.7. The fourth-order valence-corrected chi connectivity index (χ4v) is 4.09. The van der Waals surface area contributed by atoms with E-state index in [2.05, 4.69) is 5.32 Å². The summed E-state index contributed by atoms with van der Waals surface area (Å²) in [5.41, 5.74) is 7.40. The molecule has 4 atom stereocenters. The molecule has 0 saturated heterocycles. The van der Waals surface area contributed by atoms with Crippen LogP contribution in [0.25, 0.3) is 0 Å². The summed E-state index contributed by atoms with van der Waals surface area (Å²) in [6.45, 7) is 7.42. The van der Waals surface area contributed by atoms with E-state index in [1.54, 1.807) is 12.1 Å². The number of carbonyl (C=O) groups excluding carboxylic acids is 3. The smallest absolute Gasteiger partial charge is 0.326 e. The second kappa shape index (κ2) is 13.8. The van der Waals surface area contributed by atoms with Crippen LogP contribution in [0.3, 0.4) is 0 Å². The molecule has 0 spiro atoms. The molecule has 0 aliphatic rings. The SMILES string of the molecule is CC(C)C[C@H](NC(=O)[C@H](Cc1ccoc1)N(C)C(=O)[C@@H](N)C(C)C)C(=O)N(C)[C@@H](Cc1ccoc1)C(=O)O. The second-order valence-electron chi connectivity index (χ2n) is 10.4. The van der Waals surface area contributed by atoms with Crippen molar-refractivity contribution in [2.45, 2.75) is 71.1 Å². The van der Waals surface area contributed by atoms with Gasteiger partial charge in [0.25, 0.3) is 0 Å². The van der Waals surface area contributed by atoms with Gasteiger partial charge >= 0.3 is 5.97 Å². The van der Waals surface area contributed by atoms with E-state index in [9.17, 15) is 24.3 Å². The molecule has 2 heterocycles. The summed E-state index contributed by atoms with van der Waals surface area (Å²) in [6.07, 6.45) is 6.28. The molecule has 2 aromatic rings. The summed E-state index contributed by atoms with van der Waals surface area (Å²) in [6, 6.07) is -0.623. The highest BCUT2D eigenvalue weighted by Gasteiger charge is 2.36. The minimum atomic E-state index is -1.18. The maximum atomic E-state index is 13.6. The van der Waals surface area contributed by atoms with E-state index in [-0.39, 0.29) is 31.1 Å². The molecular formula is C27H40N4O7. The van der Waals surface area contributed by atoms with E-state index in [0.29, 0.717) is 11.1 Å². The number of likely N-dealkylation sites (N-methyl/N-ethyl adjacent to an activating group) is 2. The molecule has 0 aromatic carbocycles. The minimum absolute atomic E-state index is 0.0100. The fourth-order valence-electron chi connectivity index (χ4n) is 4.09. The van der Waals surface area contributed by atoms with E-state index >= 15 is 0 Å². The van der Waals surface area contributed by atoms with E-state index < -0.39 is 47.9 Å². The van der Waals surface area contributed by atoms with Crippen molar-refractivity contribution < 1.29 is 33.1 Å². The maximum Gasteiger partial charge on any atom is 0.326 e. The van der Waals surface area contributed by atoms with Gasteiger partial charge in [0.05, 0.1) is 31.1 Å². The van der Waals surface area contributed by atoms with E-state index in [0.717, 1.165) is 4.90 Å². The molecule has 3 amide bonds. The van der Waals surface area contributed by atoms with E-state index in [1.807, 2.05) is 27.7 Å². The minimum Gasteiger partial charge on any atom is -0.480 e. The zero-order chi connectivity index (χ0) is 28.6. The fraction of sp³-hybridized carbons (Fsp3) is 0.556. The van der Waals surface area contributed by atoms with Gasteiger partial charge in [0.1, 0.15) is 18.1 Å². The average Bonchev–Trinajstić information content (AvgIpc) is 3.57. The van der Waals surface area contributed by atoms with Crippen LogP contribution in [0.5, 0.6) is 0 Å². The third kappa shape index (κ3) is 8.20. The predicted molar refractivity (Wildman–Crippen MR) is 140 cm³/mol. The van der Waals surface area contributed by atoms with Crippen molar-refractivity contribution in [3.05, 3.63) is 48.3 Å². The maximum absolute atomic E-state index is 13.6. The molecule has 210 valence electrons. The Hall–Kier alpha value is -3.60. The lowest BCUT2D eigenvalue weighted by molar-refractivity contribution is -0.150. The first-order valence-electron chi connectivity index (χ1n) is 12.7. The lowest BCUT2D eigenvalue weighted by Gasteiger charge is -2.33. The van der Waals surface area contributed by atoms with Crippen molar-refractivity contribution in [3.63, 3.8) is 0 Å². The van der Waals surface area contributed by atoms with Crippen molar-refractivity contribution >= 4 is 23.7 Å². The Bertz CT molecular complexity index is 1050. The van der Waals surface area contributed by atoms with Gasteiger partial charge in [-0.1, -0.05) is 27.7 Å². The van der Waals surface area contributed by atoms with Gasteiger partial charge in [0.15, 0.2) is 0 Å². The van der Waals surface area contributed by atoms with Crippen LogP contribution in [0, 0.1) is 11.8 Å². The molecule has 38 heavy (non-hydrogen) atoms. The average molecular weight is 533 g/mol. The van der Waals surface area contributed by atoms with Crippen LogP contribution in [0.2, 0.25) is 0 Å². The van der Waals surface area contributed by atoms with Crippen molar-refractivity contribution in [2.24, 2.45) is 17.6 Å². The predicted octanol–water partition coefficient (Wildman–Crippen LogP) is 1.91. The molecule has 0 unspecified atom stereocenters. The molecule has 0 radical (unpaired) electrons. The first kappa shape index (κ1) is 30.6. The number of carboxylic acids is 1. The van der Waals surface area contributed by atoms with Crippen LogP contribution in [0.4, 0.5) is 0 Å². The largest absolute Gasteiger partial charge is 0.480 e. The summed E-state index contributed by atoms with van der Waals surface area (Å²) in [5, 5.41) is 12.6. The standard InChI is InChI=1S/C27H40N4O7/c1-16(2)11-20(25(33)31(6)22(27(35)36)13-19-8-10-38-15-19)29-24(32)21(12-18-7-9-37-14-18)30(5)26(34)23(28)17(3)4/h7-10,14-17,20-23H,11-13,28H2,1-6H3,(H,29,32)(H,35,36)/t20-,21-,22-,23-/m0/s1. The molecule has 0 fully saturated rings. The van der Waals surface area contributed by atoms with Crippen LogP contribution >= 0.6 is 0 Å². The highest BCUT2D eigenvalue weighted by molar-refractivity contribution is 5.94. The van der Waals surface area contributed by atoms with Crippen LogP contribution in [0.15, 0.2) is 46.0 Å². The summed E-state index contributed by atoms with van der Waals surface area (Å²) >= 11 is 0. The molecule has 11 nitrogen and oxygen atoms in total. The third-order valence-electron chi connectivity index (χ3n) is 6.56. The summed E-state index contributed by atoms with van der Waals surface area (Å²) < 4.78 is 10.2. The monoisotopic (exact) mass is 532 g/mol. The van der Waals surface area contributed by atoms with Crippen molar-refractivity contribution in [3.8, 4) is 0 Å². The van der Waals surface area contributed by atoms with Crippen molar-refractivity contribution in [2.75, 3.05) is 14.1 Å².